The average Bonchev–Trinajstić information content (AvgIpc) is 2.31. The van der Waals surface area contributed by atoms with Gasteiger partial charge in [-0.05, 0) is 38.8 Å². The van der Waals surface area contributed by atoms with E-state index >= 15 is 0 Å². The number of amides is 1. The van der Waals surface area contributed by atoms with E-state index in [1.165, 1.54) is 0 Å². The zero-order valence-corrected chi connectivity index (χ0v) is 12.1. The zero-order chi connectivity index (χ0) is 13.9. The molecule has 1 aromatic carbocycles. The zero-order valence-electron chi connectivity index (χ0n) is 11.3. The molecule has 1 amide bonds. The SMILES string of the molecule is CCC(C)(C(=O)Nc1ccc(C)cc1C)C(N)=S. The van der Waals surface area contributed by atoms with Gasteiger partial charge in [0, 0.05) is 5.69 Å². The van der Waals surface area contributed by atoms with Crippen molar-refractivity contribution < 1.29 is 4.79 Å². The van der Waals surface area contributed by atoms with Gasteiger partial charge in [-0.1, -0.05) is 36.8 Å². The predicted octanol–water partition coefficient (Wildman–Crippen LogP) is 2.94. The maximum Gasteiger partial charge on any atom is 0.237 e. The smallest absolute Gasteiger partial charge is 0.237 e. The van der Waals surface area contributed by atoms with Crippen LogP contribution in [-0.4, -0.2) is 10.9 Å². The lowest BCUT2D eigenvalue weighted by Crippen LogP contribution is -2.43. The van der Waals surface area contributed by atoms with Crippen molar-refractivity contribution in [2.45, 2.75) is 34.1 Å². The topological polar surface area (TPSA) is 55.1 Å². The van der Waals surface area contributed by atoms with Crippen molar-refractivity contribution in [3.63, 3.8) is 0 Å². The molecule has 1 unspecified atom stereocenters. The number of carbonyl (C=O) groups excluding carboxylic acids is 1. The summed E-state index contributed by atoms with van der Waals surface area (Å²) < 4.78 is 0. The highest BCUT2D eigenvalue weighted by atomic mass is 32.1. The van der Waals surface area contributed by atoms with Crippen LogP contribution in [0.1, 0.15) is 31.4 Å². The van der Waals surface area contributed by atoms with Gasteiger partial charge in [0.25, 0.3) is 0 Å². The Morgan fingerprint density at radius 2 is 2.06 bits per heavy atom. The fourth-order valence-corrected chi connectivity index (χ4v) is 1.90. The molecule has 1 aromatic rings. The number of anilines is 1. The molecule has 3 nitrogen and oxygen atoms in total. The number of aryl methyl sites for hydroxylation is 2. The van der Waals surface area contributed by atoms with E-state index in [2.05, 4.69) is 5.32 Å². The van der Waals surface area contributed by atoms with Gasteiger partial charge in [0.2, 0.25) is 5.91 Å². The van der Waals surface area contributed by atoms with E-state index in [0.717, 1.165) is 16.8 Å². The van der Waals surface area contributed by atoms with Gasteiger partial charge < -0.3 is 11.1 Å². The molecule has 0 aromatic heterocycles. The molecular weight excluding hydrogens is 244 g/mol. The summed E-state index contributed by atoms with van der Waals surface area (Å²) in [4.78, 5) is 12.5. The van der Waals surface area contributed by atoms with Crippen LogP contribution in [0.5, 0.6) is 0 Å². The summed E-state index contributed by atoms with van der Waals surface area (Å²) in [6.45, 7) is 7.66. The molecule has 0 aliphatic carbocycles. The van der Waals surface area contributed by atoms with Crippen LogP contribution in [0.2, 0.25) is 0 Å². The molecule has 98 valence electrons. The molecule has 18 heavy (non-hydrogen) atoms. The molecule has 4 heteroatoms. The molecule has 0 saturated carbocycles. The van der Waals surface area contributed by atoms with E-state index < -0.39 is 5.41 Å². The van der Waals surface area contributed by atoms with E-state index in [0.29, 0.717) is 6.42 Å². The fourth-order valence-electron chi connectivity index (χ4n) is 1.66. The second kappa shape index (κ2) is 5.48. The third-order valence-corrected chi connectivity index (χ3v) is 3.83. The molecular formula is C14H20N2OS. The number of carbonyl (C=O) groups is 1. The lowest BCUT2D eigenvalue weighted by molar-refractivity contribution is -0.121. The van der Waals surface area contributed by atoms with Gasteiger partial charge in [-0.25, -0.2) is 0 Å². The molecule has 1 rings (SSSR count). The maximum atomic E-state index is 12.3. The van der Waals surface area contributed by atoms with Crippen LogP contribution < -0.4 is 11.1 Å². The molecule has 0 aliphatic heterocycles. The van der Waals surface area contributed by atoms with Gasteiger partial charge in [0.05, 0.1) is 10.4 Å². The summed E-state index contributed by atoms with van der Waals surface area (Å²) in [5, 5.41) is 2.90. The standard InChI is InChI=1S/C14H20N2OS/c1-5-14(4,12(15)18)13(17)16-11-7-6-9(2)8-10(11)3/h6-8H,5H2,1-4H3,(H2,15,18)(H,16,17). The summed E-state index contributed by atoms with van der Waals surface area (Å²) in [5.41, 5.74) is 7.87. The summed E-state index contributed by atoms with van der Waals surface area (Å²) in [7, 11) is 0. The van der Waals surface area contributed by atoms with Crippen molar-refractivity contribution in [1.82, 2.24) is 0 Å². The minimum Gasteiger partial charge on any atom is -0.392 e. The Kier molecular flexibility index (Phi) is 4.46. The van der Waals surface area contributed by atoms with Crippen LogP contribution >= 0.6 is 12.2 Å². The Morgan fingerprint density at radius 1 is 1.44 bits per heavy atom. The number of thiocarbonyl (C=S) groups is 1. The minimum absolute atomic E-state index is 0.149. The molecule has 0 bridgehead atoms. The lowest BCUT2D eigenvalue weighted by Gasteiger charge is -2.26. The average molecular weight is 264 g/mol. The van der Waals surface area contributed by atoms with Gasteiger partial charge >= 0.3 is 0 Å². The first-order valence-electron chi connectivity index (χ1n) is 6.00. The van der Waals surface area contributed by atoms with Gasteiger partial charge in [0.15, 0.2) is 0 Å². The largest absolute Gasteiger partial charge is 0.392 e. The van der Waals surface area contributed by atoms with Crippen LogP contribution in [0, 0.1) is 19.3 Å². The predicted molar refractivity (Wildman–Crippen MR) is 79.7 cm³/mol. The van der Waals surface area contributed by atoms with Crippen molar-refractivity contribution in [3.05, 3.63) is 29.3 Å². The van der Waals surface area contributed by atoms with Gasteiger partial charge in [0.1, 0.15) is 0 Å². The maximum absolute atomic E-state index is 12.3. The highest BCUT2D eigenvalue weighted by molar-refractivity contribution is 7.80. The Bertz CT molecular complexity index is 485. The van der Waals surface area contributed by atoms with Crippen LogP contribution in [-0.2, 0) is 4.79 Å². The number of hydrogen-bond donors (Lipinski definition) is 2. The van der Waals surface area contributed by atoms with E-state index in [-0.39, 0.29) is 10.9 Å². The lowest BCUT2D eigenvalue weighted by atomic mass is 9.86. The Hall–Kier alpha value is -1.42. The number of hydrogen-bond acceptors (Lipinski definition) is 2. The summed E-state index contributed by atoms with van der Waals surface area (Å²) in [5.74, 6) is -0.149. The molecule has 0 saturated heterocycles. The third kappa shape index (κ3) is 2.88. The summed E-state index contributed by atoms with van der Waals surface area (Å²) >= 11 is 4.99. The Labute approximate surface area is 114 Å². The number of nitrogens with one attached hydrogen (secondary N) is 1. The monoisotopic (exact) mass is 264 g/mol. The summed E-state index contributed by atoms with van der Waals surface area (Å²) in [6, 6.07) is 5.89. The van der Waals surface area contributed by atoms with Gasteiger partial charge in [-0.2, -0.15) is 0 Å². The van der Waals surface area contributed by atoms with Crippen molar-refractivity contribution >= 4 is 28.8 Å². The van der Waals surface area contributed by atoms with Gasteiger partial charge in [-0.3, -0.25) is 4.79 Å². The quantitative estimate of drug-likeness (QED) is 0.822. The van der Waals surface area contributed by atoms with Crippen LogP contribution in [0.3, 0.4) is 0 Å². The van der Waals surface area contributed by atoms with E-state index in [1.54, 1.807) is 6.92 Å². The Morgan fingerprint density at radius 3 is 2.50 bits per heavy atom. The van der Waals surface area contributed by atoms with E-state index in [9.17, 15) is 4.79 Å². The molecule has 1 atom stereocenters. The highest BCUT2D eigenvalue weighted by Crippen LogP contribution is 2.25. The van der Waals surface area contributed by atoms with Gasteiger partial charge in [-0.15, -0.1) is 0 Å². The second-order valence-corrected chi connectivity index (χ2v) is 5.26. The molecule has 3 N–H and O–H groups in total. The molecule has 0 fully saturated rings. The number of benzene rings is 1. The van der Waals surface area contributed by atoms with E-state index in [1.807, 2.05) is 39.0 Å². The molecule has 0 spiro atoms. The van der Waals surface area contributed by atoms with Crippen molar-refractivity contribution in [2.75, 3.05) is 5.32 Å². The number of rotatable bonds is 4. The van der Waals surface area contributed by atoms with Crippen LogP contribution in [0.25, 0.3) is 0 Å². The second-order valence-electron chi connectivity index (χ2n) is 4.82. The first kappa shape index (κ1) is 14.6. The molecule has 0 heterocycles. The van der Waals surface area contributed by atoms with Crippen molar-refractivity contribution in [3.8, 4) is 0 Å². The minimum atomic E-state index is -0.799. The van der Waals surface area contributed by atoms with Crippen molar-refractivity contribution in [1.29, 1.82) is 0 Å². The molecule has 0 radical (unpaired) electrons. The Balaban J connectivity index is 2.97. The first-order chi connectivity index (χ1) is 8.31. The fraction of sp³-hybridized carbons (Fsp3) is 0.429. The van der Waals surface area contributed by atoms with Crippen LogP contribution in [0.15, 0.2) is 18.2 Å². The first-order valence-corrected chi connectivity index (χ1v) is 6.40. The van der Waals surface area contributed by atoms with E-state index in [4.69, 9.17) is 18.0 Å². The normalized spacial score (nSPS) is 13.8. The molecule has 0 aliphatic rings. The third-order valence-electron chi connectivity index (χ3n) is 3.38. The van der Waals surface area contributed by atoms with Crippen molar-refractivity contribution in [2.24, 2.45) is 11.1 Å². The summed E-state index contributed by atoms with van der Waals surface area (Å²) in [6.07, 6.45) is 0.582. The van der Waals surface area contributed by atoms with Crippen LogP contribution in [0.4, 0.5) is 5.69 Å². The highest BCUT2D eigenvalue weighted by Gasteiger charge is 2.34. The number of nitrogens with two attached hydrogens (primary N) is 1.